The predicted octanol–water partition coefficient (Wildman–Crippen LogP) is 3.50. The molecule has 2 amide bonds. The average Bonchev–Trinajstić information content (AvgIpc) is 2.76. The summed E-state index contributed by atoms with van der Waals surface area (Å²) in [5.41, 5.74) is 3.11. The highest BCUT2D eigenvalue weighted by atomic mass is 16.5. The fourth-order valence-corrected chi connectivity index (χ4v) is 3.52. The summed E-state index contributed by atoms with van der Waals surface area (Å²) in [5, 5.41) is 2.69. The number of methoxy groups -OCH3 is 2. The molecule has 162 valence electrons. The number of hydrogen-bond acceptors (Lipinski definition) is 4. The predicted molar refractivity (Wildman–Crippen MR) is 118 cm³/mol. The summed E-state index contributed by atoms with van der Waals surface area (Å²) < 4.78 is 10.6. The number of carbonyl (C=O) groups is 2. The van der Waals surface area contributed by atoms with Crippen LogP contribution in [-0.2, 0) is 22.6 Å². The molecule has 0 aliphatic rings. The molecule has 0 fully saturated rings. The van der Waals surface area contributed by atoms with Gasteiger partial charge in [0, 0.05) is 20.0 Å². The number of aryl methyl sites for hydroxylation is 2. The van der Waals surface area contributed by atoms with Gasteiger partial charge in [0.05, 0.1) is 14.2 Å². The molecule has 0 bridgehead atoms. The third kappa shape index (κ3) is 5.99. The molecule has 2 aromatic carbocycles. The molecule has 1 N–H and O–H groups in total. The van der Waals surface area contributed by atoms with Crippen LogP contribution in [0.1, 0.15) is 36.5 Å². The first-order valence-corrected chi connectivity index (χ1v) is 10.2. The minimum atomic E-state index is -0.506. The first-order valence-electron chi connectivity index (χ1n) is 10.2. The maximum atomic E-state index is 13.2. The largest absolute Gasteiger partial charge is 0.493 e. The second-order valence-electron chi connectivity index (χ2n) is 7.24. The Morgan fingerprint density at radius 2 is 1.77 bits per heavy atom. The first kappa shape index (κ1) is 23.3. The Balaban J connectivity index is 2.20. The van der Waals surface area contributed by atoms with Gasteiger partial charge in [-0.3, -0.25) is 9.59 Å². The molecule has 1 atom stereocenters. The van der Waals surface area contributed by atoms with Crippen LogP contribution in [0.5, 0.6) is 11.5 Å². The van der Waals surface area contributed by atoms with Crippen LogP contribution in [0, 0.1) is 6.92 Å². The number of carbonyl (C=O) groups excluding carboxylic acids is 2. The second kappa shape index (κ2) is 11.2. The maximum absolute atomic E-state index is 13.2. The summed E-state index contributed by atoms with van der Waals surface area (Å²) >= 11 is 0. The van der Waals surface area contributed by atoms with E-state index in [1.165, 1.54) is 0 Å². The number of amides is 2. The van der Waals surface area contributed by atoms with Gasteiger partial charge >= 0.3 is 0 Å². The van der Waals surface area contributed by atoms with Gasteiger partial charge in [-0.1, -0.05) is 42.8 Å². The molecule has 0 heterocycles. The van der Waals surface area contributed by atoms with Gasteiger partial charge in [0.25, 0.3) is 0 Å². The van der Waals surface area contributed by atoms with E-state index in [4.69, 9.17) is 9.47 Å². The lowest BCUT2D eigenvalue weighted by Crippen LogP contribution is -2.48. The molecule has 6 heteroatoms. The summed E-state index contributed by atoms with van der Waals surface area (Å²) in [6.07, 6.45) is 1.40. The zero-order chi connectivity index (χ0) is 22.1. The molecular formula is C24H32N2O4. The molecule has 1 unspecified atom stereocenters. The van der Waals surface area contributed by atoms with E-state index < -0.39 is 6.04 Å². The van der Waals surface area contributed by atoms with Crippen molar-refractivity contribution >= 4 is 11.8 Å². The standard InChI is InChI=1S/C24H32N2O4/c1-6-20(24(28)25-3)26(16-19-9-7-8-17(2)14-19)23(27)13-11-18-10-12-21(29-4)22(15-18)30-5/h7-10,12,14-15,20H,6,11,13,16H2,1-5H3,(H,25,28). The van der Waals surface area contributed by atoms with Crippen molar-refractivity contribution in [2.45, 2.75) is 45.7 Å². The van der Waals surface area contributed by atoms with Crippen molar-refractivity contribution in [2.75, 3.05) is 21.3 Å². The van der Waals surface area contributed by atoms with Gasteiger partial charge in [-0.2, -0.15) is 0 Å². The van der Waals surface area contributed by atoms with Gasteiger partial charge in [0.2, 0.25) is 11.8 Å². The van der Waals surface area contributed by atoms with E-state index in [2.05, 4.69) is 5.32 Å². The Bertz CT molecular complexity index is 866. The SMILES string of the molecule is CCC(C(=O)NC)N(Cc1cccc(C)c1)C(=O)CCc1ccc(OC)c(OC)c1. The highest BCUT2D eigenvalue weighted by molar-refractivity contribution is 5.87. The molecule has 30 heavy (non-hydrogen) atoms. The summed E-state index contributed by atoms with van der Waals surface area (Å²) in [6, 6.07) is 13.2. The van der Waals surface area contributed by atoms with Crippen molar-refractivity contribution in [3.8, 4) is 11.5 Å². The molecule has 6 nitrogen and oxygen atoms in total. The molecule has 0 saturated heterocycles. The molecule has 0 aliphatic carbocycles. The first-order chi connectivity index (χ1) is 14.4. The van der Waals surface area contributed by atoms with Crippen LogP contribution in [0.3, 0.4) is 0 Å². The molecule has 0 radical (unpaired) electrons. The van der Waals surface area contributed by atoms with E-state index in [1.807, 2.05) is 56.3 Å². The highest BCUT2D eigenvalue weighted by Gasteiger charge is 2.27. The van der Waals surface area contributed by atoms with Crippen LogP contribution in [0.2, 0.25) is 0 Å². The lowest BCUT2D eigenvalue weighted by Gasteiger charge is -2.30. The lowest BCUT2D eigenvalue weighted by molar-refractivity contribution is -0.141. The minimum absolute atomic E-state index is 0.0539. The molecule has 2 aromatic rings. The van der Waals surface area contributed by atoms with E-state index >= 15 is 0 Å². The molecule has 2 rings (SSSR count). The van der Waals surface area contributed by atoms with Gasteiger partial charge in [0.15, 0.2) is 11.5 Å². The van der Waals surface area contributed by atoms with Crippen molar-refractivity contribution in [1.82, 2.24) is 10.2 Å². The summed E-state index contributed by atoms with van der Waals surface area (Å²) in [7, 11) is 4.78. The number of nitrogens with zero attached hydrogens (tertiary/aromatic N) is 1. The average molecular weight is 413 g/mol. The quantitative estimate of drug-likeness (QED) is 0.649. The third-order valence-electron chi connectivity index (χ3n) is 5.14. The Hall–Kier alpha value is -3.02. The van der Waals surface area contributed by atoms with Crippen molar-refractivity contribution in [2.24, 2.45) is 0 Å². The molecular weight excluding hydrogens is 380 g/mol. The number of ether oxygens (including phenoxy) is 2. The van der Waals surface area contributed by atoms with Gasteiger partial charge in [-0.05, 0) is 43.0 Å². The Morgan fingerprint density at radius 1 is 1.03 bits per heavy atom. The van der Waals surface area contributed by atoms with Crippen molar-refractivity contribution in [3.05, 3.63) is 59.2 Å². The fourth-order valence-electron chi connectivity index (χ4n) is 3.52. The minimum Gasteiger partial charge on any atom is -0.493 e. The number of benzene rings is 2. The third-order valence-corrected chi connectivity index (χ3v) is 5.14. The van der Waals surface area contributed by atoms with Crippen LogP contribution >= 0.6 is 0 Å². The zero-order valence-electron chi connectivity index (χ0n) is 18.5. The van der Waals surface area contributed by atoms with Gasteiger partial charge in [-0.15, -0.1) is 0 Å². The van der Waals surface area contributed by atoms with E-state index in [0.29, 0.717) is 37.3 Å². The second-order valence-corrected chi connectivity index (χ2v) is 7.24. The molecule has 0 aromatic heterocycles. The van der Waals surface area contributed by atoms with Crippen LogP contribution in [0.25, 0.3) is 0 Å². The van der Waals surface area contributed by atoms with E-state index in [0.717, 1.165) is 16.7 Å². The number of nitrogens with one attached hydrogen (secondary N) is 1. The summed E-state index contributed by atoms with van der Waals surface area (Å²) in [4.78, 5) is 27.3. The van der Waals surface area contributed by atoms with E-state index in [1.54, 1.807) is 26.2 Å². The van der Waals surface area contributed by atoms with E-state index in [9.17, 15) is 9.59 Å². The van der Waals surface area contributed by atoms with Gasteiger partial charge in [-0.25, -0.2) is 0 Å². The van der Waals surface area contributed by atoms with Crippen molar-refractivity contribution < 1.29 is 19.1 Å². The molecule has 0 spiro atoms. The zero-order valence-corrected chi connectivity index (χ0v) is 18.5. The smallest absolute Gasteiger partial charge is 0.242 e. The highest BCUT2D eigenvalue weighted by Crippen LogP contribution is 2.28. The van der Waals surface area contributed by atoms with Crippen LogP contribution in [0.4, 0.5) is 0 Å². The van der Waals surface area contributed by atoms with Crippen LogP contribution in [0.15, 0.2) is 42.5 Å². The maximum Gasteiger partial charge on any atom is 0.242 e. The van der Waals surface area contributed by atoms with Crippen LogP contribution < -0.4 is 14.8 Å². The normalized spacial score (nSPS) is 11.5. The summed E-state index contributed by atoms with van der Waals surface area (Å²) in [6.45, 7) is 4.34. The van der Waals surface area contributed by atoms with Crippen molar-refractivity contribution in [1.29, 1.82) is 0 Å². The number of rotatable bonds is 10. The lowest BCUT2D eigenvalue weighted by atomic mass is 10.0. The Morgan fingerprint density at radius 3 is 2.37 bits per heavy atom. The Kier molecular flexibility index (Phi) is 8.71. The topological polar surface area (TPSA) is 67.9 Å². The number of hydrogen-bond donors (Lipinski definition) is 1. The van der Waals surface area contributed by atoms with Crippen molar-refractivity contribution in [3.63, 3.8) is 0 Å². The van der Waals surface area contributed by atoms with Gasteiger partial charge in [0.1, 0.15) is 6.04 Å². The summed E-state index contributed by atoms with van der Waals surface area (Å²) in [5.74, 6) is 1.08. The molecule has 0 saturated carbocycles. The Labute approximate surface area is 179 Å². The monoisotopic (exact) mass is 412 g/mol. The fraction of sp³-hybridized carbons (Fsp3) is 0.417. The number of likely N-dealkylation sites (N-methyl/N-ethyl adjacent to an activating group) is 1. The van der Waals surface area contributed by atoms with Crippen LogP contribution in [-0.4, -0.2) is 44.0 Å². The molecule has 0 aliphatic heterocycles. The van der Waals surface area contributed by atoms with Gasteiger partial charge < -0.3 is 19.7 Å². The van der Waals surface area contributed by atoms with E-state index in [-0.39, 0.29) is 11.8 Å².